The Hall–Kier alpha value is -3.29. The standard InChI is InChI=1S/C25H24ClF3N6O3/c26-17-7-3-15(4-8-17)10-31-22-19-23(33-12-32-22)35(13-34-19)24-21(37)20(36)18(38-24)11-30-9-14-1-5-16(6-2-14)25(27,28)29/h1-8,12-13,18,20-21,24,30,36-37H,9-11H2,(H,31,32,33)/t18-,20-,21-,24-/m1/s1. The maximum absolute atomic E-state index is 12.7. The maximum atomic E-state index is 12.7. The van der Waals surface area contributed by atoms with E-state index in [0.29, 0.717) is 34.1 Å². The maximum Gasteiger partial charge on any atom is 0.416 e. The molecule has 3 heterocycles. The summed E-state index contributed by atoms with van der Waals surface area (Å²) in [6.07, 6.45) is -5.75. The van der Waals surface area contributed by atoms with Crippen LogP contribution in [0.1, 0.15) is 22.9 Å². The second kappa shape index (κ2) is 10.8. The fraction of sp³-hybridized carbons (Fsp3) is 0.320. The minimum Gasteiger partial charge on any atom is -0.387 e. The molecule has 0 aliphatic carbocycles. The van der Waals surface area contributed by atoms with E-state index < -0.39 is 36.3 Å². The molecule has 9 nitrogen and oxygen atoms in total. The minimum absolute atomic E-state index is 0.158. The number of imidazole rings is 1. The zero-order valence-electron chi connectivity index (χ0n) is 19.8. The molecule has 4 N–H and O–H groups in total. The van der Waals surface area contributed by atoms with E-state index in [-0.39, 0.29) is 13.1 Å². The molecule has 38 heavy (non-hydrogen) atoms. The summed E-state index contributed by atoms with van der Waals surface area (Å²) in [4.78, 5) is 12.9. The van der Waals surface area contributed by atoms with Crippen LogP contribution in [0.3, 0.4) is 0 Å². The van der Waals surface area contributed by atoms with Crippen LogP contribution in [0.5, 0.6) is 0 Å². The first-order valence-electron chi connectivity index (χ1n) is 11.7. The molecule has 13 heteroatoms. The van der Waals surface area contributed by atoms with E-state index in [1.54, 1.807) is 12.1 Å². The monoisotopic (exact) mass is 548 g/mol. The lowest BCUT2D eigenvalue weighted by molar-refractivity contribution is -0.137. The largest absolute Gasteiger partial charge is 0.416 e. The Morgan fingerprint density at radius 2 is 1.61 bits per heavy atom. The number of halogens is 4. The third-order valence-corrected chi connectivity index (χ3v) is 6.55. The summed E-state index contributed by atoms with van der Waals surface area (Å²) in [5, 5.41) is 28.2. The third kappa shape index (κ3) is 5.59. The summed E-state index contributed by atoms with van der Waals surface area (Å²) in [5.41, 5.74) is 1.79. The van der Waals surface area contributed by atoms with Crippen molar-refractivity contribution >= 4 is 28.6 Å². The van der Waals surface area contributed by atoms with Crippen LogP contribution in [0.25, 0.3) is 11.2 Å². The highest BCUT2D eigenvalue weighted by molar-refractivity contribution is 6.30. The van der Waals surface area contributed by atoms with Crippen LogP contribution in [-0.2, 0) is 24.0 Å². The van der Waals surface area contributed by atoms with Gasteiger partial charge in [0, 0.05) is 24.7 Å². The Morgan fingerprint density at radius 3 is 2.32 bits per heavy atom. The molecule has 2 aromatic carbocycles. The van der Waals surface area contributed by atoms with E-state index >= 15 is 0 Å². The van der Waals surface area contributed by atoms with E-state index in [1.807, 2.05) is 12.1 Å². The Morgan fingerprint density at radius 1 is 0.921 bits per heavy atom. The predicted octanol–water partition coefficient (Wildman–Crippen LogP) is 3.52. The normalized spacial score (nSPS) is 21.7. The van der Waals surface area contributed by atoms with Gasteiger partial charge >= 0.3 is 6.18 Å². The topological polar surface area (TPSA) is 117 Å². The van der Waals surface area contributed by atoms with E-state index in [9.17, 15) is 23.4 Å². The van der Waals surface area contributed by atoms with Gasteiger partial charge in [0.2, 0.25) is 0 Å². The van der Waals surface area contributed by atoms with Gasteiger partial charge in [-0.3, -0.25) is 4.57 Å². The van der Waals surface area contributed by atoms with Crippen molar-refractivity contribution in [1.82, 2.24) is 24.8 Å². The average molecular weight is 549 g/mol. The molecule has 1 aliphatic rings. The first-order valence-corrected chi connectivity index (χ1v) is 12.1. The number of rotatable bonds is 8. The molecule has 200 valence electrons. The fourth-order valence-electron chi connectivity index (χ4n) is 4.25. The Bertz CT molecular complexity index is 1380. The van der Waals surface area contributed by atoms with Gasteiger partial charge < -0.3 is 25.6 Å². The summed E-state index contributed by atoms with van der Waals surface area (Å²) in [6.45, 7) is 0.894. The number of hydrogen-bond acceptors (Lipinski definition) is 8. The van der Waals surface area contributed by atoms with Crippen molar-refractivity contribution in [3.8, 4) is 0 Å². The molecule has 0 unspecified atom stereocenters. The van der Waals surface area contributed by atoms with Crippen molar-refractivity contribution in [2.45, 2.75) is 43.8 Å². The Kier molecular flexibility index (Phi) is 7.50. The second-order valence-electron chi connectivity index (χ2n) is 8.90. The molecule has 0 amide bonds. The van der Waals surface area contributed by atoms with Crippen LogP contribution in [0.4, 0.5) is 19.0 Å². The Labute approximate surface area is 220 Å². The van der Waals surface area contributed by atoms with Crippen LogP contribution >= 0.6 is 11.6 Å². The van der Waals surface area contributed by atoms with E-state index in [1.165, 1.54) is 29.4 Å². The van der Waals surface area contributed by atoms with E-state index in [4.69, 9.17) is 16.3 Å². The quantitative estimate of drug-likeness (QED) is 0.264. The zero-order valence-corrected chi connectivity index (χ0v) is 20.6. The van der Waals surface area contributed by atoms with Crippen molar-refractivity contribution in [3.63, 3.8) is 0 Å². The van der Waals surface area contributed by atoms with Crippen molar-refractivity contribution in [1.29, 1.82) is 0 Å². The summed E-state index contributed by atoms with van der Waals surface area (Å²) in [6, 6.07) is 12.2. The van der Waals surface area contributed by atoms with Gasteiger partial charge in [-0.05, 0) is 35.4 Å². The summed E-state index contributed by atoms with van der Waals surface area (Å²) < 4.78 is 45.7. The van der Waals surface area contributed by atoms with Crippen LogP contribution < -0.4 is 10.6 Å². The molecule has 1 saturated heterocycles. The predicted molar refractivity (Wildman–Crippen MR) is 133 cm³/mol. The van der Waals surface area contributed by atoms with Crippen LogP contribution in [0.15, 0.2) is 61.2 Å². The number of aliphatic hydroxyl groups is 2. The van der Waals surface area contributed by atoms with Gasteiger partial charge in [-0.25, -0.2) is 15.0 Å². The van der Waals surface area contributed by atoms with Crippen molar-refractivity contribution in [2.75, 3.05) is 11.9 Å². The van der Waals surface area contributed by atoms with Gasteiger partial charge in [0.25, 0.3) is 0 Å². The number of aromatic nitrogens is 4. The number of benzene rings is 2. The lowest BCUT2D eigenvalue weighted by Crippen LogP contribution is -2.37. The lowest BCUT2D eigenvalue weighted by Gasteiger charge is -2.17. The van der Waals surface area contributed by atoms with E-state index in [2.05, 4.69) is 25.6 Å². The molecule has 0 bridgehead atoms. The molecule has 4 aromatic rings. The number of nitrogens with one attached hydrogen (secondary N) is 2. The number of fused-ring (bicyclic) bond motifs is 1. The SMILES string of the molecule is O[C@@H]1[C@H](O)[C@@H](CNCc2ccc(C(F)(F)F)cc2)O[C@H]1n1cnc2c(NCc3ccc(Cl)cc3)ncnc21. The number of alkyl halides is 3. The highest BCUT2D eigenvalue weighted by Gasteiger charge is 2.44. The van der Waals surface area contributed by atoms with Gasteiger partial charge in [-0.1, -0.05) is 35.9 Å². The molecule has 2 aromatic heterocycles. The number of hydrogen-bond donors (Lipinski definition) is 4. The van der Waals surface area contributed by atoms with Crippen molar-refractivity contribution < 1.29 is 28.1 Å². The smallest absolute Gasteiger partial charge is 0.387 e. The average Bonchev–Trinajstić information content (AvgIpc) is 3.45. The lowest BCUT2D eigenvalue weighted by atomic mass is 10.1. The zero-order chi connectivity index (χ0) is 26.9. The molecular formula is C25H24ClF3N6O3. The summed E-state index contributed by atoms with van der Waals surface area (Å²) in [7, 11) is 0. The highest BCUT2D eigenvalue weighted by Crippen LogP contribution is 2.32. The summed E-state index contributed by atoms with van der Waals surface area (Å²) in [5.74, 6) is 0.492. The van der Waals surface area contributed by atoms with Crippen molar-refractivity contribution in [3.05, 3.63) is 82.9 Å². The first kappa shape index (κ1) is 26.3. The van der Waals surface area contributed by atoms with Gasteiger partial charge in [0.05, 0.1) is 11.9 Å². The molecule has 0 radical (unpaired) electrons. The highest BCUT2D eigenvalue weighted by atomic mass is 35.5. The molecule has 1 aliphatic heterocycles. The minimum atomic E-state index is -4.39. The van der Waals surface area contributed by atoms with Crippen LogP contribution in [0.2, 0.25) is 5.02 Å². The molecule has 4 atom stereocenters. The van der Waals surface area contributed by atoms with Gasteiger partial charge in [0.1, 0.15) is 24.6 Å². The number of anilines is 1. The van der Waals surface area contributed by atoms with E-state index in [0.717, 1.165) is 17.7 Å². The molecular weight excluding hydrogens is 525 g/mol. The molecule has 5 rings (SSSR count). The summed E-state index contributed by atoms with van der Waals surface area (Å²) >= 11 is 5.94. The van der Waals surface area contributed by atoms with Crippen molar-refractivity contribution in [2.24, 2.45) is 0 Å². The molecule has 0 spiro atoms. The first-order chi connectivity index (χ1) is 18.2. The molecule has 0 saturated carbocycles. The third-order valence-electron chi connectivity index (χ3n) is 6.30. The molecule has 1 fully saturated rings. The number of ether oxygens (including phenoxy) is 1. The fourth-order valence-corrected chi connectivity index (χ4v) is 4.38. The Balaban J connectivity index is 1.23. The van der Waals surface area contributed by atoms with Gasteiger partial charge in [-0.15, -0.1) is 0 Å². The van der Waals surface area contributed by atoms with Crippen LogP contribution in [-0.4, -0.2) is 54.6 Å². The number of aliphatic hydroxyl groups excluding tert-OH is 2. The number of nitrogens with zero attached hydrogens (tertiary/aromatic N) is 4. The van der Waals surface area contributed by atoms with Gasteiger partial charge in [-0.2, -0.15) is 13.2 Å². The van der Waals surface area contributed by atoms with Crippen LogP contribution in [0, 0.1) is 0 Å². The second-order valence-corrected chi connectivity index (χ2v) is 9.33. The van der Waals surface area contributed by atoms with Gasteiger partial charge in [0.15, 0.2) is 23.2 Å².